The van der Waals surface area contributed by atoms with Crippen molar-refractivity contribution in [3.05, 3.63) is 10.6 Å². The Bertz CT molecular complexity index is 411. The van der Waals surface area contributed by atoms with Crippen molar-refractivity contribution in [3.63, 3.8) is 0 Å². The Morgan fingerprint density at radius 3 is 3.05 bits per heavy atom. The van der Waals surface area contributed by atoms with Crippen molar-refractivity contribution in [2.75, 3.05) is 18.8 Å². The van der Waals surface area contributed by atoms with E-state index in [4.69, 9.17) is 5.41 Å². The van der Waals surface area contributed by atoms with Crippen molar-refractivity contribution in [2.45, 2.75) is 25.5 Å². The molecule has 0 aromatic carbocycles. The first kappa shape index (κ1) is 14.2. The molecule has 1 saturated heterocycles. The summed E-state index contributed by atoms with van der Waals surface area (Å²) in [7, 11) is 0. The largest absolute Gasteiger partial charge is 0.477 e. The molecule has 0 spiro atoms. The van der Waals surface area contributed by atoms with E-state index in [1.165, 1.54) is 11.8 Å². The molecular weight excluding hydrogens is 266 g/mol. The summed E-state index contributed by atoms with van der Waals surface area (Å²) in [5.74, 6) is 0.0303. The second-order valence-corrected chi connectivity index (χ2v) is 6.04. The maximum Gasteiger partial charge on any atom is 0.353 e. The van der Waals surface area contributed by atoms with Crippen LogP contribution >= 0.6 is 11.8 Å². The molecule has 1 fully saturated rings. The topological polar surface area (TPSA) is 96.7 Å². The summed E-state index contributed by atoms with van der Waals surface area (Å²) in [6.45, 7) is 3.05. The van der Waals surface area contributed by atoms with Gasteiger partial charge in [-0.25, -0.2) is 4.79 Å². The molecule has 0 amide bonds. The summed E-state index contributed by atoms with van der Waals surface area (Å²) >= 11 is 1.53. The first-order chi connectivity index (χ1) is 9.06. The lowest BCUT2D eigenvalue weighted by Crippen LogP contribution is -2.57. The van der Waals surface area contributed by atoms with Gasteiger partial charge in [0.1, 0.15) is 5.70 Å². The number of aliphatic hydroxyl groups is 1. The normalized spacial score (nSPS) is 26.7. The highest BCUT2D eigenvalue weighted by Crippen LogP contribution is 2.45. The summed E-state index contributed by atoms with van der Waals surface area (Å²) in [5.41, 5.74) is 0.404. The van der Waals surface area contributed by atoms with Gasteiger partial charge >= 0.3 is 5.97 Å². The van der Waals surface area contributed by atoms with Crippen molar-refractivity contribution >= 4 is 24.1 Å². The number of thioether (sulfide) groups is 1. The van der Waals surface area contributed by atoms with Gasteiger partial charge < -0.3 is 20.4 Å². The van der Waals surface area contributed by atoms with Gasteiger partial charge in [-0.1, -0.05) is 0 Å². The van der Waals surface area contributed by atoms with E-state index in [1.54, 1.807) is 6.92 Å². The van der Waals surface area contributed by atoms with Gasteiger partial charge in [0.15, 0.2) is 0 Å². The highest BCUT2D eigenvalue weighted by Gasteiger charge is 2.49. The number of nitrogens with one attached hydrogen (secondary N) is 2. The lowest BCUT2D eigenvalue weighted by molar-refractivity contribution is -0.136. The number of nitrogens with zero attached hydrogens (tertiary/aromatic N) is 1. The van der Waals surface area contributed by atoms with Crippen LogP contribution in [0.4, 0.5) is 0 Å². The van der Waals surface area contributed by atoms with Crippen molar-refractivity contribution < 1.29 is 15.0 Å². The van der Waals surface area contributed by atoms with E-state index < -0.39 is 5.97 Å². The van der Waals surface area contributed by atoms with Gasteiger partial charge in [-0.05, 0) is 6.92 Å². The Balaban J connectivity index is 1.99. The zero-order chi connectivity index (χ0) is 14.0. The summed E-state index contributed by atoms with van der Waals surface area (Å²) in [4.78, 5) is 14.1. The Morgan fingerprint density at radius 2 is 2.47 bits per heavy atom. The first-order valence-corrected chi connectivity index (χ1v) is 7.31. The fourth-order valence-electron chi connectivity index (χ4n) is 2.69. The smallest absolute Gasteiger partial charge is 0.353 e. The molecule has 0 aromatic rings. The molecule has 0 aromatic heterocycles. The van der Waals surface area contributed by atoms with Crippen molar-refractivity contribution in [1.82, 2.24) is 10.2 Å². The molecule has 0 saturated carbocycles. The first-order valence-electron chi connectivity index (χ1n) is 6.32. The minimum atomic E-state index is -0.881. The number of rotatable bonds is 7. The standard InChI is InChI=1S/C12H19N3O3S/c1-7(16)8-5-15-9(8)4-10(11(15)12(17)18)19-3-2-14-6-13/h6-9,16H,2-5H2,1H3,(H2,13,14)(H,17,18)/t7-,8-,9-/m1/s1. The molecule has 2 rings (SSSR count). The van der Waals surface area contributed by atoms with Crippen LogP contribution in [-0.2, 0) is 4.79 Å². The minimum Gasteiger partial charge on any atom is -0.477 e. The van der Waals surface area contributed by atoms with Gasteiger partial charge in [0.2, 0.25) is 0 Å². The number of hydrogen-bond acceptors (Lipinski definition) is 5. The average molecular weight is 285 g/mol. The number of carboxylic acid groups (broad SMARTS) is 1. The summed E-state index contributed by atoms with van der Waals surface area (Å²) in [6, 6.07) is 0.143. The maximum atomic E-state index is 11.3. The van der Waals surface area contributed by atoms with Crippen LogP contribution < -0.4 is 5.32 Å². The number of aliphatic hydroxyl groups excluding tert-OH is 1. The van der Waals surface area contributed by atoms with Crippen LogP contribution in [-0.4, -0.2) is 58.4 Å². The van der Waals surface area contributed by atoms with Crippen molar-refractivity contribution in [3.8, 4) is 0 Å². The Hall–Kier alpha value is -1.21. The average Bonchev–Trinajstić information content (AvgIpc) is 2.58. The van der Waals surface area contributed by atoms with Crippen LogP contribution in [0, 0.1) is 11.3 Å². The highest BCUT2D eigenvalue weighted by molar-refractivity contribution is 8.03. The monoisotopic (exact) mass is 285 g/mol. The molecule has 6 nitrogen and oxygen atoms in total. The van der Waals surface area contributed by atoms with Gasteiger partial charge in [-0.2, -0.15) is 0 Å². The predicted octanol–water partition coefficient (Wildman–Crippen LogP) is 0.297. The third-order valence-corrected chi connectivity index (χ3v) is 4.81. The quantitative estimate of drug-likeness (QED) is 0.305. The predicted molar refractivity (Wildman–Crippen MR) is 74.2 cm³/mol. The maximum absolute atomic E-state index is 11.3. The van der Waals surface area contributed by atoms with Gasteiger partial charge in [-0.3, -0.25) is 5.41 Å². The minimum absolute atomic E-state index is 0.143. The fourth-order valence-corrected chi connectivity index (χ4v) is 3.79. The molecule has 7 heteroatoms. The van der Waals surface area contributed by atoms with Crippen LogP contribution in [0.3, 0.4) is 0 Å². The second-order valence-electron chi connectivity index (χ2n) is 4.85. The number of aliphatic carboxylic acids is 1. The van der Waals surface area contributed by atoms with E-state index in [0.717, 1.165) is 17.0 Å². The lowest BCUT2D eigenvalue weighted by Gasteiger charge is -2.47. The zero-order valence-corrected chi connectivity index (χ0v) is 11.6. The lowest BCUT2D eigenvalue weighted by atomic mass is 9.85. The van der Waals surface area contributed by atoms with E-state index in [9.17, 15) is 15.0 Å². The molecule has 2 heterocycles. The van der Waals surface area contributed by atoms with Crippen LogP contribution in [0.2, 0.25) is 0 Å². The molecule has 2 aliphatic heterocycles. The molecule has 0 bridgehead atoms. The SMILES string of the molecule is C[C@@H](O)[C@H]1CN2C(C(=O)O)=C(SCCNC=N)C[C@H]12. The van der Waals surface area contributed by atoms with Gasteiger partial charge in [0.25, 0.3) is 0 Å². The number of fused-ring (bicyclic) bond motifs is 1. The Labute approximate surface area is 116 Å². The fraction of sp³-hybridized carbons (Fsp3) is 0.667. The van der Waals surface area contributed by atoms with E-state index in [2.05, 4.69) is 5.32 Å². The molecule has 2 aliphatic rings. The summed E-state index contributed by atoms with van der Waals surface area (Å²) in [6.07, 6.45) is 1.46. The summed E-state index contributed by atoms with van der Waals surface area (Å²) in [5, 5.41) is 28.6. The molecule has 19 heavy (non-hydrogen) atoms. The zero-order valence-electron chi connectivity index (χ0n) is 10.8. The molecule has 106 valence electrons. The second kappa shape index (κ2) is 5.83. The van der Waals surface area contributed by atoms with Crippen LogP contribution in [0.15, 0.2) is 10.6 Å². The number of carbonyl (C=O) groups is 1. The van der Waals surface area contributed by atoms with Gasteiger partial charge in [-0.15, -0.1) is 11.8 Å². The summed E-state index contributed by atoms with van der Waals surface area (Å²) < 4.78 is 0. The molecule has 0 unspecified atom stereocenters. The molecule has 0 radical (unpaired) electrons. The molecule has 0 aliphatic carbocycles. The van der Waals surface area contributed by atoms with Crippen LogP contribution in [0.25, 0.3) is 0 Å². The molecule has 4 N–H and O–H groups in total. The van der Waals surface area contributed by atoms with Gasteiger partial charge in [0, 0.05) is 42.1 Å². The van der Waals surface area contributed by atoms with Crippen LogP contribution in [0.5, 0.6) is 0 Å². The number of carboxylic acids is 1. The van der Waals surface area contributed by atoms with E-state index in [1.807, 2.05) is 4.90 Å². The van der Waals surface area contributed by atoms with Crippen LogP contribution in [0.1, 0.15) is 13.3 Å². The number of hydrogen-bond donors (Lipinski definition) is 4. The van der Waals surface area contributed by atoms with E-state index in [-0.39, 0.29) is 18.1 Å². The van der Waals surface area contributed by atoms with Gasteiger partial charge in [0.05, 0.1) is 12.4 Å². The third kappa shape index (κ3) is 2.71. The Kier molecular flexibility index (Phi) is 4.36. The Morgan fingerprint density at radius 1 is 1.74 bits per heavy atom. The van der Waals surface area contributed by atoms with Crippen molar-refractivity contribution in [2.24, 2.45) is 5.92 Å². The van der Waals surface area contributed by atoms with E-state index in [0.29, 0.717) is 25.2 Å². The molecule has 3 atom stereocenters. The third-order valence-electron chi connectivity index (χ3n) is 3.69. The van der Waals surface area contributed by atoms with Crippen molar-refractivity contribution in [1.29, 1.82) is 5.41 Å². The van der Waals surface area contributed by atoms with E-state index >= 15 is 0 Å². The highest BCUT2D eigenvalue weighted by atomic mass is 32.2. The molecular formula is C12H19N3O3S.